The molecule has 0 bridgehead atoms. The fourth-order valence-electron chi connectivity index (χ4n) is 1.64. The zero-order valence-corrected chi connectivity index (χ0v) is 12.7. The van der Waals surface area contributed by atoms with E-state index in [9.17, 15) is 4.79 Å². The van der Waals surface area contributed by atoms with Gasteiger partial charge in [0.2, 0.25) is 0 Å². The van der Waals surface area contributed by atoms with Gasteiger partial charge >= 0.3 is 5.97 Å². The van der Waals surface area contributed by atoms with Gasteiger partial charge in [0.25, 0.3) is 0 Å². The molecule has 0 saturated heterocycles. The Kier molecular flexibility index (Phi) is 7.43. The van der Waals surface area contributed by atoms with Crippen molar-refractivity contribution in [3.05, 3.63) is 42.5 Å². The second kappa shape index (κ2) is 9.10. The minimum atomic E-state index is -1.11. The molecule has 21 heavy (non-hydrogen) atoms. The van der Waals surface area contributed by atoms with Gasteiger partial charge in [-0.15, -0.1) is 0 Å². The Morgan fingerprint density at radius 2 is 1.71 bits per heavy atom. The van der Waals surface area contributed by atoms with Gasteiger partial charge in [0.05, 0.1) is 0 Å². The second-order valence-electron chi connectivity index (χ2n) is 4.39. The predicted octanol–water partition coefficient (Wildman–Crippen LogP) is 3.17. The number of fused-ring (bicyclic) bond motifs is 1. The summed E-state index contributed by atoms with van der Waals surface area (Å²) in [7, 11) is 0. The number of rotatable bonds is 4. The molecule has 0 aliphatic rings. The number of hydrogen-bond acceptors (Lipinski definition) is 4. The SMILES string of the molecule is CC(O)C(=O)Oc1ccc2ccccc2c1.CCOCC. The maximum atomic E-state index is 11.2. The smallest absolute Gasteiger partial charge is 0.340 e. The van der Waals surface area contributed by atoms with Crippen molar-refractivity contribution in [3.8, 4) is 5.75 Å². The van der Waals surface area contributed by atoms with Gasteiger partial charge in [0.1, 0.15) is 11.9 Å². The van der Waals surface area contributed by atoms with Gasteiger partial charge in [-0.3, -0.25) is 0 Å². The third-order valence-corrected chi connectivity index (χ3v) is 2.69. The molecule has 0 amide bonds. The maximum absolute atomic E-state index is 11.2. The Morgan fingerprint density at radius 1 is 1.10 bits per heavy atom. The zero-order valence-electron chi connectivity index (χ0n) is 12.7. The number of ether oxygens (including phenoxy) is 2. The first-order chi connectivity index (χ1) is 10.1. The largest absolute Gasteiger partial charge is 0.425 e. The van der Waals surface area contributed by atoms with Gasteiger partial charge in [0, 0.05) is 13.2 Å². The summed E-state index contributed by atoms with van der Waals surface area (Å²) >= 11 is 0. The lowest BCUT2D eigenvalue weighted by Gasteiger charge is -2.06. The summed E-state index contributed by atoms with van der Waals surface area (Å²) in [6.07, 6.45) is -1.11. The van der Waals surface area contributed by atoms with Crippen LogP contribution < -0.4 is 4.74 Å². The highest BCUT2D eigenvalue weighted by Crippen LogP contribution is 2.20. The normalized spacial score (nSPS) is 11.4. The molecule has 0 fully saturated rings. The van der Waals surface area contributed by atoms with E-state index in [2.05, 4.69) is 0 Å². The Morgan fingerprint density at radius 3 is 2.24 bits per heavy atom. The number of carbonyl (C=O) groups is 1. The van der Waals surface area contributed by atoms with E-state index < -0.39 is 12.1 Å². The van der Waals surface area contributed by atoms with Crippen molar-refractivity contribution in [2.75, 3.05) is 13.2 Å². The molecule has 0 spiro atoms. The lowest BCUT2D eigenvalue weighted by Crippen LogP contribution is -2.22. The fourth-order valence-corrected chi connectivity index (χ4v) is 1.64. The molecule has 0 radical (unpaired) electrons. The first-order valence-corrected chi connectivity index (χ1v) is 7.04. The van der Waals surface area contributed by atoms with Crippen LogP contribution in [0, 0.1) is 0 Å². The molecule has 1 unspecified atom stereocenters. The molecule has 0 heterocycles. The monoisotopic (exact) mass is 290 g/mol. The van der Waals surface area contributed by atoms with Crippen LogP contribution in [0.15, 0.2) is 42.5 Å². The Labute approximate surface area is 125 Å². The Bertz CT molecular complexity index is 561. The minimum Gasteiger partial charge on any atom is -0.425 e. The molecule has 1 N–H and O–H groups in total. The van der Waals surface area contributed by atoms with E-state index in [0.717, 1.165) is 24.0 Å². The molecule has 0 aliphatic carbocycles. The number of aliphatic hydroxyl groups is 1. The van der Waals surface area contributed by atoms with E-state index >= 15 is 0 Å². The van der Waals surface area contributed by atoms with Crippen molar-refractivity contribution in [1.82, 2.24) is 0 Å². The molecule has 2 aromatic carbocycles. The molecule has 4 heteroatoms. The van der Waals surface area contributed by atoms with Crippen LogP contribution in [0.25, 0.3) is 10.8 Å². The highest BCUT2D eigenvalue weighted by molar-refractivity contribution is 5.85. The highest BCUT2D eigenvalue weighted by Gasteiger charge is 2.11. The van der Waals surface area contributed by atoms with Crippen LogP contribution in [0.1, 0.15) is 20.8 Å². The first-order valence-electron chi connectivity index (χ1n) is 7.04. The highest BCUT2D eigenvalue weighted by atomic mass is 16.5. The van der Waals surface area contributed by atoms with Crippen molar-refractivity contribution in [2.24, 2.45) is 0 Å². The van der Waals surface area contributed by atoms with E-state index in [1.807, 2.05) is 44.2 Å². The lowest BCUT2D eigenvalue weighted by atomic mass is 10.1. The third kappa shape index (κ3) is 5.94. The van der Waals surface area contributed by atoms with Crippen LogP contribution in [-0.2, 0) is 9.53 Å². The lowest BCUT2D eigenvalue weighted by molar-refractivity contribution is -0.142. The van der Waals surface area contributed by atoms with Crippen LogP contribution in [0.2, 0.25) is 0 Å². The molecule has 4 nitrogen and oxygen atoms in total. The van der Waals surface area contributed by atoms with E-state index in [1.165, 1.54) is 6.92 Å². The van der Waals surface area contributed by atoms with Gasteiger partial charge in [-0.25, -0.2) is 4.79 Å². The van der Waals surface area contributed by atoms with Crippen LogP contribution in [0.4, 0.5) is 0 Å². The molecule has 0 aliphatic heterocycles. The van der Waals surface area contributed by atoms with Gasteiger partial charge in [0.15, 0.2) is 0 Å². The molecule has 0 aromatic heterocycles. The van der Waals surface area contributed by atoms with Crippen molar-refractivity contribution >= 4 is 16.7 Å². The predicted molar refractivity (Wildman–Crippen MR) is 83.4 cm³/mol. The van der Waals surface area contributed by atoms with E-state index in [-0.39, 0.29) is 0 Å². The fraction of sp³-hybridized carbons (Fsp3) is 0.353. The maximum Gasteiger partial charge on any atom is 0.340 e. The summed E-state index contributed by atoms with van der Waals surface area (Å²) in [6, 6.07) is 13.1. The summed E-state index contributed by atoms with van der Waals surface area (Å²) in [5, 5.41) is 11.1. The summed E-state index contributed by atoms with van der Waals surface area (Å²) in [4.78, 5) is 11.2. The summed E-state index contributed by atoms with van der Waals surface area (Å²) < 4.78 is 9.83. The first kappa shape index (κ1) is 17.1. The summed E-state index contributed by atoms with van der Waals surface area (Å²) in [6.45, 7) is 7.05. The number of hydrogen-bond donors (Lipinski definition) is 1. The van der Waals surface area contributed by atoms with Crippen molar-refractivity contribution in [2.45, 2.75) is 26.9 Å². The minimum absolute atomic E-state index is 0.449. The number of carbonyl (C=O) groups excluding carboxylic acids is 1. The second-order valence-corrected chi connectivity index (χ2v) is 4.39. The van der Waals surface area contributed by atoms with Gasteiger partial charge < -0.3 is 14.6 Å². The average molecular weight is 290 g/mol. The number of esters is 1. The van der Waals surface area contributed by atoms with E-state index in [1.54, 1.807) is 12.1 Å². The summed E-state index contributed by atoms with van der Waals surface area (Å²) in [5.41, 5.74) is 0. The number of benzene rings is 2. The zero-order chi connectivity index (χ0) is 15.7. The van der Waals surface area contributed by atoms with Gasteiger partial charge in [-0.05, 0) is 43.7 Å². The topological polar surface area (TPSA) is 55.8 Å². The average Bonchev–Trinajstić information content (AvgIpc) is 2.48. The Hall–Kier alpha value is -1.91. The van der Waals surface area contributed by atoms with Crippen LogP contribution in [-0.4, -0.2) is 30.4 Å². The van der Waals surface area contributed by atoms with E-state index in [4.69, 9.17) is 14.6 Å². The molecule has 1 atom stereocenters. The van der Waals surface area contributed by atoms with Crippen molar-refractivity contribution in [3.63, 3.8) is 0 Å². The standard InChI is InChI=1S/C13H12O3.C4H10O/c1-9(14)13(15)16-12-7-6-10-4-2-3-5-11(10)8-12;1-3-5-4-2/h2-9,14H,1H3;3-4H2,1-2H3. The number of aliphatic hydroxyl groups excluding tert-OH is 1. The molecule has 114 valence electrons. The molecule has 2 aromatic rings. The van der Waals surface area contributed by atoms with Gasteiger partial charge in [-0.2, -0.15) is 0 Å². The summed E-state index contributed by atoms with van der Waals surface area (Å²) in [5.74, 6) is -0.195. The molecular formula is C17H22O4. The van der Waals surface area contributed by atoms with Gasteiger partial charge in [-0.1, -0.05) is 30.3 Å². The van der Waals surface area contributed by atoms with Crippen LogP contribution >= 0.6 is 0 Å². The van der Waals surface area contributed by atoms with Crippen LogP contribution in [0.3, 0.4) is 0 Å². The molecule has 0 saturated carbocycles. The quantitative estimate of drug-likeness (QED) is 0.694. The van der Waals surface area contributed by atoms with Crippen molar-refractivity contribution < 1.29 is 19.4 Å². The Balaban J connectivity index is 0.000000383. The van der Waals surface area contributed by atoms with E-state index in [0.29, 0.717) is 5.75 Å². The van der Waals surface area contributed by atoms with Crippen molar-refractivity contribution in [1.29, 1.82) is 0 Å². The third-order valence-electron chi connectivity index (χ3n) is 2.69. The van der Waals surface area contributed by atoms with Crippen LogP contribution in [0.5, 0.6) is 5.75 Å². The molecule has 2 rings (SSSR count). The molecular weight excluding hydrogens is 268 g/mol.